The molecule has 1 rings (SSSR count). The van der Waals surface area contributed by atoms with Crippen molar-refractivity contribution in [3.05, 3.63) is 36.5 Å². The van der Waals surface area contributed by atoms with Gasteiger partial charge in [0.1, 0.15) is 30.5 Å². The molecule has 1 aliphatic rings. The fourth-order valence-electron chi connectivity index (χ4n) is 8.49. The van der Waals surface area contributed by atoms with Crippen molar-refractivity contribution in [3.8, 4) is 0 Å². The number of amides is 1. The van der Waals surface area contributed by atoms with Gasteiger partial charge in [-0.2, -0.15) is 8.42 Å². The van der Waals surface area contributed by atoms with E-state index in [1.165, 1.54) is 160 Å². The molecule has 0 bridgehead atoms. The predicted molar refractivity (Wildman–Crippen MR) is 270 cm³/mol. The van der Waals surface area contributed by atoms with Gasteiger partial charge < -0.3 is 40.3 Å². The van der Waals surface area contributed by atoms with E-state index in [9.17, 15) is 43.3 Å². The molecule has 1 fully saturated rings. The molecule has 1 amide bonds. The number of aliphatic hydroxyl groups is 5. The summed E-state index contributed by atoms with van der Waals surface area (Å²) in [6, 6.07) is -1.14. The van der Waals surface area contributed by atoms with Crippen LogP contribution in [0.1, 0.15) is 232 Å². The third-order valence-electron chi connectivity index (χ3n) is 12.8. The van der Waals surface area contributed by atoms with Crippen LogP contribution < -0.4 is 5.32 Å². The van der Waals surface area contributed by atoms with E-state index < -0.39 is 78.5 Å². The molecule has 8 atom stereocenters. The van der Waals surface area contributed by atoms with Crippen molar-refractivity contribution in [2.75, 3.05) is 13.2 Å². The van der Waals surface area contributed by atoms with Gasteiger partial charge in [-0.3, -0.25) is 9.35 Å². The van der Waals surface area contributed by atoms with E-state index in [0.29, 0.717) is 12.8 Å². The Morgan fingerprint density at radius 2 is 1.00 bits per heavy atom. The molecule has 0 aromatic rings. The highest BCUT2D eigenvalue weighted by molar-refractivity contribution is 7.80. The zero-order valence-corrected chi connectivity index (χ0v) is 42.9. The predicted octanol–water partition coefficient (Wildman–Crippen LogP) is 10.8. The second kappa shape index (κ2) is 43.1. The standard InChI is InChI=1S/C53H99NO12S/c1-3-5-7-9-11-13-15-17-19-21-22-23-24-26-27-29-31-33-35-37-39-41-46(56)45(44-64-53-50(59)51(66-67(61,62)63)49(58)48(43-55)65-53)54-52(60)47(57)42-40-38-36-34-32-30-28-25-20-18-16-14-12-10-8-6-4-2/h24,26,31,33,39,41,45-51,53,55-59H,3-23,25,27-30,32,34-38,40,42-44H2,1-2H3,(H,54,60)(H,61,62,63)/b26-24+,33-31+,41-39+. The highest BCUT2D eigenvalue weighted by atomic mass is 32.3. The van der Waals surface area contributed by atoms with Crippen LogP contribution in [-0.4, -0.2) is 107 Å². The Labute approximate surface area is 408 Å². The second-order valence-electron chi connectivity index (χ2n) is 18.9. The first kappa shape index (κ1) is 63.3. The van der Waals surface area contributed by atoms with Gasteiger partial charge >= 0.3 is 10.4 Å². The van der Waals surface area contributed by atoms with Crippen molar-refractivity contribution in [2.24, 2.45) is 0 Å². The topological polar surface area (TPSA) is 212 Å². The molecule has 0 radical (unpaired) electrons. The molecule has 1 heterocycles. The fraction of sp³-hybridized carbons (Fsp3) is 0.868. The van der Waals surface area contributed by atoms with Gasteiger partial charge in [-0.05, 0) is 44.9 Å². The van der Waals surface area contributed by atoms with Gasteiger partial charge in [0.05, 0.1) is 25.4 Å². The maximum atomic E-state index is 13.2. The van der Waals surface area contributed by atoms with Gasteiger partial charge in [-0.15, -0.1) is 0 Å². The minimum atomic E-state index is -5.13. The smallest absolute Gasteiger partial charge is 0.394 e. The molecule has 1 aliphatic heterocycles. The Morgan fingerprint density at radius 1 is 0.597 bits per heavy atom. The minimum absolute atomic E-state index is 0.237. The van der Waals surface area contributed by atoms with Crippen LogP contribution >= 0.6 is 0 Å². The highest BCUT2D eigenvalue weighted by Crippen LogP contribution is 2.26. The maximum Gasteiger partial charge on any atom is 0.397 e. The lowest BCUT2D eigenvalue weighted by molar-refractivity contribution is -0.298. The number of ether oxygens (including phenoxy) is 2. The largest absolute Gasteiger partial charge is 0.397 e. The van der Waals surface area contributed by atoms with Crippen LogP contribution in [0, 0.1) is 0 Å². The van der Waals surface area contributed by atoms with Crippen LogP contribution in [0.25, 0.3) is 0 Å². The Kier molecular flexibility index (Phi) is 40.7. The Morgan fingerprint density at radius 3 is 1.43 bits per heavy atom. The molecule has 0 aliphatic carbocycles. The minimum Gasteiger partial charge on any atom is -0.394 e. The fourth-order valence-corrected chi connectivity index (χ4v) is 9.00. The van der Waals surface area contributed by atoms with Crippen molar-refractivity contribution in [1.29, 1.82) is 0 Å². The van der Waals surface area contributed by atoms with E-state index in [4.69, 9.17) is 9.47 Å². The first-order valence-corrected chi connectivity index (χ1v) is 28.3. The van der Waals surface area contributed by atoms with Crippen molar-refractivity contribution in [1.82, 2.24) is 5.32 Å². The summed E-state index contributed by atoms with van der Waals surface area (Å²) in [7, 11) is -5.13. The number of carbonyl (C=O) groups excluding carboxylic acids is 1. The summed E-state index contributed by atoms with van der Waals surface area (Å²) >= 11 is 0. The van der Waals surface area contributed by atoms with E-state index in [-0.39, 0.29) is 6.42 Å². The second-order valence-corrected chi connectivity index (χ2v) is 20.0. The zero-order valence-electron chi connectivity index (χ0n) is 42.1. The van der Waals surface area contributed by atoms with Crippen molar-refractivity contribution < 1.29 is 57.0 Å². The van der Waals surface area contributed by atoms with Crippen LogP contribution in [0.3, 0.4) is 0 Å². The lowest BCUT2D eigenvalue weighted by Gasteiger charge is -2.41. The molecule has 1 saturated heterocycles. The lowest BCUT2D eigenvalue weighted by atomic mass is 9.99. The number of hydrogen-bond donors (Lipinski definition) is 7. The molecule has 0 spiro atoms. The molecule has 0 aromatic heterocycles. The number of allylic oxidation sites excluding steroid dienone is 5. The van der Waals surface area contributed by atoms with Gasteiger partial charge in [0, 0.05) is 0 Å². The summed E-state index contributed by atoms with van der Waals surface area (Å²) in [5.41, 5.74) is 0. The molecule has 14 heteroatoms. The number of unbranched alkanes of at least 4 members (excludes halogenated alkanes) is 29. The summed E-state index contributed by atoms with van der Waals surface area (Å²) in [5.74, 6) is -0.713. The number of aliphatic hydroxyl groups excluding tert-OH is 5. The van der Waals surface area contributed by atoms with Crippen LogP contribution in [0.5, 0.6) is 0 Å². The lowest BCUT2D eigenvalue weighted by Crippen LogP contribution is -2.61. The van der Waals surface area contributed by atoms with Gasteiger partial charge in [0.2, 0.25) is 5.91 Å². The van der Waals surface area contributed by atoms with Gasteiger partial charge in [0.25, 0.3) is 0 Å². The molecular formula is C53H99NO12S. The van der Waals surface area contributed by atoms with Gasteiger partial charge in [-0.25, -0.2) is 4.18 Å². The van der Waals surface area contributed by atoms with Crippen LogP contribution in [0.4, 0.5) is 0 Å². The van der Waals surface area contributed by atoms with E-state index in [0.717, 1.165) is 44.9 Å². The number of nitrogens with one attached hydrogen (secondary N) is 1. The average Bonchev–Trinajstić information content (AvgIpc) is 3.30. The van der Waals surface area contributed by atoms with Gasteiger partial charge in [-0.1, -0.05) is 224 Å². The Bertz CT molecular complexity index is 1350. The SMILES string of the molecule is CCCCCCCCCCCCC/C=C/CC/C=C/CC/C=C/C(O)C(COC1OC(CO)C(O)C(OS(=O)(=O)O)C1O)NC(=O)C(O)CCCCCCCCCCCCCCCCCCC. The first-order valence-electron chi connectivity index (χ1n) is 27.0. The molecule has 0 saturated carbocycles. The first-order chi connectivity index (χ1) is 32.4. The molecule has 394 valence electrons. The van der Waals surface area contributed by atoms with Crippen molar-refractivity contribution in [2.45, 2.75) is 281 Å². The third-order valence-corrected chi connectivity index (χ3v) is 13.2. The van der Waals surface area contributed by atoms with Crippen LogP contribution in [0.2, 0.25) is 0 Å². The summed E-state index contributed by atoms with van der Waals surface area (Å²) in [6.45, 7) is 3.23. The zero-order chi connectivity index (χ0) is 49.2. The maximum absolute atomic E-state index is 13.2. The summed E-state index contributed by atoms with van der Waals surface area (Å²) in [4.78, 5) is 13.2. The van der Waals surface area contributed by atoms with Crippen molar-refractivity contribution >= 4 is 16.3 Å². The normalized spacial score (nSPS) is 20.6. The quantitative estimate of drug-likeness (QED) is 0.0173. The van der Waals surface area contributed by atoms with E-state index in [1.807, 2.05) is 0 Å². The van der Waals surface area contributed by atoms with E-state index >= 15 is 0 Å². The number of carbonyl (C=O) groups is 1. The van der Waals surface area contributed by atoms with E-state index in [1.54, 1.807) is 6.08 Å². The third kappa shape index (κ3) is 35.1. The average molecular weight is 974 g/mol. The molecule has 0 aromatic carbocycles. The number of hydrogen-bond acceptors (Lipinski definition) is 11. The Balaban J connectivity index is 2.53. The number of rotatable bonds is 46. The van der Waals surface area contributed by atoms with E-state index in [2.05, 4.69) is 47.7 Å². The van der Waals surface area contributed by atoms with Crippen LogP contribution in [-0.2, 0) is 28.9 Å². The van der Waals surface area contributed by atoms with Gasteiger partial charge in [0.15, 0.2) is 6.29 Å². The Hall–Kier alpha value is -1.72. The van der Waals surface area contributed by atoms with Crippen LogP contribution in [0.15, 0.2) is 36.5 Å². The summed E-state index contributed by atoms with van der Waals surface area (Å²) in [5, 5.41) is 55.4. The summed E-state index contributed by atoms with van der Waals surface area (Å²) < 4.78 is 47.7. The molecule has 67 heavy (non-hydrogen) atoms. The monoisotopic (exact) mass is 974 g/mol. The summed E-state index contributed by atoms with van der Waals surface area (Å²) in [6.07, 6.45) is 40.8. The molecule has 8 unspecified atom stereocenters. The highest BCUT2D eigenvalue weighted by Gasteiger charge is 2.48. The van der Waals surface area contributed by atoms with Crippen molar-refractivity contribution in [3.63, 3.8) is 0 Å². The molecular weight excluding hydrogens is 875 g/mol. The molecule has 13 nitrogen and oxygen atoms in total. The molecule has 7 N–H and O–H groups in total.